The number of alkyl halides is 1. The van der Waals surface area contributed by atoms with Crippen molar-refractivity contribution in [3.63, 3.8) is 0 Å². The van der Waals surface area contributed by atoms with Crippen molar-refractivity contribution in [3.05, 3.63) is 0 Å². The molecule has 2 heteroatoms. The lowest BCUT2D eigenvalue weighted by molar-refractivity contribution is -0.132. The molecule has 0 amide bonds. The summed E-state index contributed by atoms with van der Waals surface area (Å²) in [6.07, 6.45) is 2.87. The first-order valence-electron chi connectivity index (χ1n) is 3.46. The molecule has 2 fully saturated rings. The largest absolute Gasteiger partial charge is 0.299 e. The summed E-state index contributed by atoms with van der Waals surface area (Å²) >= 11 is 5.92. The summed E-state index contributed by atoms with van der Waals surface area (Å²) in [6.45, 7) is 0. The third kappa shape index (κ3) is 0.644. The second kappa shape index (κ2) is 1.72. The van der Waals surface area contributed by atoms with E-state index >= 15 is 0 Å². The SMILES string of the molecule is O=C1CC2C(Cl)CCC12. The lowest BCUT2D eigenvalue weighted by Gasteiger charge is -2.29. The van der Waals surface area contributed by atoms with Crippen molar-refractivity contribution in [3.8, 4) is 0 Å². The molecule has 0 aromatic heterocycles. The molecule has 3 atom stereocenters. The molecule has 0 aliphatic heterocycles. The fraction of sp³-hybridized carbons (Fsp3) is 0.857. The molecule has 0 radical (unpaired) electrons. The predicted octanol–water partition coefficient (Wildman–Crippen LogP) is 1.59. The Morgan fingerprint density at radius 3 is 2.67 bits per heavy atom. The molecule has 0 saturated heterocycles. The van der Waals surface area contributed by atoms with Gasteiger partial charge in [0.1, 0.15) is 5.78 Å². The number of rotatable bonds is 0. The average Bonchev–Trinajstić information content (AvgIpc) is 2.07. The van der Waals surface area contributed by atoms with Crippen LogP contribution in [0.2, 0.25) is 0 Å². The first-order chi connectivity index (χ1) is 4.29. The molecule has 0 spiro atoms. The van der Waals surface area contributed by atoms with Gasteiger partial charge in [0, 0.05) is 17.7 Å². The van der Waals surface area contributed by atoms with Gasteiger partial charge in [-0.25, -0.2) is 0 Å². The molecule has 0 aromatic carbocycles. The molecule has 9 heavy (non-hydrogen) atoms. The fourth-order valence-electron chi connectivity index (χ4n) is 1.91. The minimum absolute atomic E-state index is 0.313. The van der Waals surface area contributed by atoms with Crippen LogP contribution in [0.1, 0.15) is 19.3 Å². The van der Waals surface area contributed by atoms with Crippen LogP contribution in [-0.4, -0.2) is 11.2 Å². The van der Waals surface area contributed by atoms with Crippen LogP contribution in [0.25, 0.3) is 0 Å². The summed E-state index contributed by atoms with van der Waals surface area (Å²) in [4.78, 5) is 10.8. The van der Waals surface area contributed by atoms with E-state index in [1.165, 1.54) is 0 Å². The predicted molar refractivity (Wildman–Crippen MR) is 35.5 cm³/mol. The zero-order chi connectivity index (χ0) is 6.43. The van der Waals surface area contributed by atoms with Gasteiger partial charge in [-0.1, -0.05) is 0 Å². The van der Waals surface area contributed by atoms with Crippen molar-refractivity contribution in [2.75, 3.05) is 0 Å². The Bertz CT molecular complexity index is 155. The maximum atomic E-state index is 10.8. The van der Waals surface area contributed by atoms with Gasteiger partial charge in [-0.3, -0.25) is 4.79 Å². The molecule has 0 N–H and O–H groups in total. The smallest absolute Gasteiger partial charge is 0.136 e. The Kier molecular flexibility index (Phi) is 1.10. The van der Waals surface area contributed by atoms with E-state index in [1.54, 1.807) is 0 Å². The summed E-state index contributed by atoms with van der Waals surface area (Å²) in [5.41, 5.74) is 0. The highest BCUT2D eigenvalue weighted by Gasteiger charge is 2.47. The third-order valence-corrected chi connectivity index (χ3v) is 3.13. The monoisotopic (exact) mass is 144 g/mol. The van der Waals surface area contributed by atoms with Gasteiger partial charge in [0.15, 0.2) is 0 Å². The van der Waals surface area contributed by atoms with Crippen molar-refractivity contribution < 1.29 is 4.79 Å². The normalized spacial score (nSPS) is 48.6. The number of fused-ring (bicyclic) bond motifs is 1. The van der Waals surface area contributed by atoms with Gasteiger partial charge in [0.05, 0.1) is 0 Å². The van der Waals surface area contributed by atoms with Crippen LogP contribution in [0.3, 0.4) is 0 Å². The van der Waals surface area contributed by atoms with Crippen molar-refractivity contribution >= 4 is 17.4 Å². The van der Waals surface area contributed by atoms with Gasteiger partial charge in [-0.2, -0.15) is 0 Å². The van der Waals surface area contributed by atoms with Crippen molar-refractivity contribution in [2.24, 2.45) is 11.8 Å². The number of halogens is 1. The highest BCUT2D eigenvalue weighted by atomic mass is 35.5. The maximum Gasteiger partial charge on any atom is 0.136 e. The van der Waals surface area contributed by atoms with E-state index in [0.29, 0.717) is 23.0 Å². The van der Waals surface area contributed by atoms with Crippen LogP contribution >= 0.6 is 11.6 Å². The fourth-order valence-corrected chi connectivity index (χ4v) is 2.30. The molecule has 2 aliphatic rings. The molecule has 1 nitrogen and oxygen atoms in total. The number of Topliss-reactive ketones (excluding diaryl/α,β-unsaturated/α-hetero) is 1. The maximum absolute atomic E-state index is 10.8. The number of hydrogen-bond acceptors (Lipinski definition) is 1. The van der Waals surface area contributed by atoms with E-state index in [0.717, 1.165) is 19.3 Å². The van der Waals surface area contributed by atoms with Gasteiger partial charge in [0.25, 0.3) is 0 Å². The van der Waals surface area contributed by atoms with Crippen molar-refractivity contribution in [1.29, 1.82) is 0 Å². The Hall–Kier alpha value is -0.0400. The van der Waals surface area contributed by atoms with Crippen LogP contribution in [0.15, 0.2) is 0 Å². The minimum Gasteiger partial charge on any atom is -0.299 e. The second-order valence-corrected chi connectivity index (χ2v) is 3.59. The number of hydrogen-bond donors (Lipinski definition) is 0. The first kappa shape index (κ1) is 5.72. The Balaban J connectivity index is 2.11. The topological polar surface area (TPSA) is 17.1 Å². The van der Waals surface area contributed by atoms with Gasteiger partial charge >= 0.3 is 0 Å². The molecule has 0 aromatic rings. The van der Waals surface area contributed by atoms with Crippen LogP contribution in [0.4, 0.5) is 0 Å². The summed E-state index contributed by atoms with van der Waals surface area (Å²) in [5.74, 6) is 1.37. The third-order valence-electron chi connectivity index (χ3n) is 2.59. The highest BCUT2D eigenvalue weighted by Crippen LogP contribution is 2.46. The summed E-state index contributed by atoms with van der Waals surface area (Å²) < 4.78 is 0. The molecule has 2 rings (SSSR count). The Morgan fingerprint density at radius 1 is 1.44 bits per heavy atom. The van der Waals surface area contributed by atoms with Crippen molar-refractivity contribution in [2.45, 2.75) is 24.6 Å². The quantitative estimate of drug-likeness (QED) is 0.472. The second-order valence-electron chi connectivity index (χ2n) is 3.03. The van der Waals surface area contributed by atoms with E-state index < -0.39 is 0 Å². The molecule has 3 unspecified atom stereocenters. The number of carbonyl (C=O) groups excluding carboxylic acids is 1. The van der Waals surface area contributed by atoms with E-state index in [9.17, 15) is 4.79 Å². The molecular weight excluding hydrogens is 136 g/mol. The van der Waals surface area contributed by atoms with E-state index in [4.69, 9.17) is 11.6 Å². The molecule has 2 aliphatic carbocycles. The molecule has 0 bridgehead atoms. The van der Waals surface area contributed by atoms with Gasteiger partial charge in [-0.05, 0) is 18.8 Å². The molecule has 2 saturated carbocycles. The van der Waals surface area contributed by atoms with Gasteiger partial charge < -0.3 is 0 Å². The Morgan fingerprint density at radius 2 is 2.22 bits per heavy atom. The van der Waals surface area contributed by atoms with E-state index in [-0.39, 0.29) is 0 Å². The van der Waals surface area contributed by atoms with Gasteiger partial charge in [0.2, 0.25) is 0 Å². The molecule has 0 heterocycles. The lowest BCUT2D eigenvalue weighted by atomic mass is 9.75. The van der Waals surface area contributed by atoms with Crippen LogP contribution in [0.5, 0.6) is 0 Å². The average molecular weight is 145 g/mol. The standard InChI is InChI=1S/C7H9ClO/c8-6-2-1-4-5(6)3-7(4)9/h4-6H,1-3H2. The zero-order valence-corrected chi connectivity index (χ0v) is 5.90. The first-order valence-corrected chi connectivity index (χ1v) is 3.89. The Labute approximate surface area is 59.4 Å². The molecule has 50 valence electrons. The minimum atomic E-state index is 0.313. The van der Waals surface area contributed by atoms with Gasteiger partial charge in [-0.15, -0.1) is 11.6 Å². The lowest BCUT2D eigenvalue weighted by Crippen LogP contribution is -2.36. The highest BCUT2D eigenvalue weighted by molar-refractivity contribution is 6.21. The summed E-state index contributed by atoms with van der Waals surface area (Å²) in [6, 6.07) is 0. The summed E-state index contributed by atoms with van der Waals surface area (Å²) in [5, 5.41) is 0.313. The van der Waals surface area contributed by atoms with Crippen LogP contribution in [-0.2, 0) is 4.79 Å². The molecular formula is C7H9ClO. The number of carbonyl (C=O) groups is 1. The zero-order valence-electron chi connectivity index (χ0n) is 5.14. The van der Waals surface area contributed by atoms with Crippen molar-refractivity contribution in [1.82, 2.24) is 0 Å². The van der Waals surface area contributed by atoms with Crippen LogP contribution in [0, 0.1) is 11.8 Å². The summed E-state index contributed by atoms with van der Waals surface area (Å²) in [7, 11) is 0. The van der Waals surface area contributed by atoms with Crippen LogP contribution < -0.4 is 0 Å². The number of ketones is 1. The van der Waals surface area contributed by atoms with E-state index in [1.807, 2.05) is 0 Å². The van der Waals surface area contributed by atoms with E-state index in [2.05, 4.69) is 0 Å².